The fraction of sp³-hybridized carbons (Fsp3) is 0.412. The first-order valence-corrected chi connectivity index (χ1v) is 8.52. The fourth-order valence-corrected chi connectivity index (χ4v) is 4.22. The summed E-state index contributed by atoms with van der Waals surface area (Å²) in [6.45, 7) is 3.07. The average Bonchev–Trinajstić information content (AvgIpc) is 2.90. The van der Waals surface area contributed by atoms with Crippen LogP contribution in [0.15, 0.2) is 30.3 Å². The molecule has 1 atom stereocenters. The van der Waals surface area contributed by atoms with Crippen molar-refractivity contribution in [3.8, 4) is 0 Å². The zero-order valence-electron chi connectivity index (χ0n) is 11.8. The van der Waals surface area contributed by atoms with Gasteiger partial charge in [-0.1, -0.05) is 29.8 Å². The minimum absolute atomic E-state index is 0.391. The summed E-state index contributed by atoms with van der Waals surface area (Å²) < 4.78 is 0. The van der Waals surface area contributed by atoms with Crippen molar-refractivity contribution >= 4 is 22.9 Å². The van der Waals surface area contributed by atoms with Gasteiger partial charge in [0.25, 0.3) is 0 Å². The minimum atomic E-state index is 0.391. The molecule has 1 heterocycles. The first kappa shape index (κ1) is 14.1. The lowest BCUT2D eigenvalue weighted by Crippen LogP contribution is -2.17. The molecule has 20 heavy (non-hydrogen) atoms. The van der Waals surface area contributed by atoms with Gasteiger partial charge in [-0.25, -0.2) is 0 Å². The Bertz CT molecular complexity index is 567. The molecule has 0 amide bonds. The van der Waals surface area contributed by atoms with E-state index in [1.807, 2.05) is 29.5 Å². The highest BCUT2D eigenvalue weighted by Gasteiger charge is 2.16. The molecule has 1 aliphatic carbocycles. The lowest BCUT2D eigenvalue weighted by Gasteiger charge is -2.13. The van der Waals surface area contributed by atoms with Gasteiger partial charge in [-0.15, -0.1) is 11.3 Å². The zero-order chi connectivity index (χ0) is 13.9. The Kier molecular flexibility index (Phi) is 4.45. The van der Waals surface area contributed by atoms with E-state index in [1.54, 1.807) is 10.4 Å². The van der Waals surface area contributed by atoms with Gasteiger partial charge in [0.2, 0.25) is 0 Å². The number of halogens is 1. The van der Waals surface area contributed by atoms with Crippen LogP contribution in [0, 0.1) is 0 Å². The van der Waals surface area contributed by atoms with Gasteiger partial charge in [0, 0.05) is 27.4 Å². The number of hydrogen-bond acceptors (Lipinski definition) is 2. The maximum atomic E-state index is 6.20. The molecule has 0 bridgehead atoms. The molecule has 2 aromatic rings. The molecule has 1 aromatic carbocycles. The average molecular weight is 306 g/mol. The number of benzene rings is 1. The van der Waals surface area contributed by atoms with Gasteiger partial charge in [-0.2, -0.15) is 0 Å². The van der Waals surface area contributed by atoms with Crippen LogP contribution in [-0.4, -0.2) is 0 Å². The predicted octanol–water partition coefficient (Wildman–Crippen LogP) is 5.13. The molecule has 1 aliphatic rings. The maximum Gasteiger partial charge on any atom is 0.0450 e. The van der Waals surface area contributed by atoms with Crippen LogP contribution in [0.4, 0.5) is 0 Å². The lowest BCUT2D eigenvalue weighted by molar-refractivity contribution is 0.582. The summed E-state index contributed by atoms with van der Waals surface area (Å²) >= 11 is 8.19. The van der Waals surface area contributed by atoms with Crippen molar-refractivity contribution in [3.05, 3.63) is 56.2 Å². The van der Waals surface area contributed by atoms with Gasteiger partial charge in [-0.05, 0) is 55.9 Å². The minimum Gasteiger partial charge on any atom is -0.305 e. The highest BCUT2D eigenvalue weighted by atomic mass is 35.5. The number of nitrogens with one attached hydrogen (secondary N) is 1. The van der Waals surface area contributed by atoms with Crippen LogP contribution in [0.25, 0.3) is 0 Å². The largest absolute Gasteiger partial charge is 0.305 e. The molecule has 0 fully saturated rings. The topological polar surface area (TPSA) is 12.0 Å². The second-order valence-electron chi connectivity index (χ2n) is 5.50. The van der Waals surface area contributed by atoms with Crippen LogP contribution in [0.2, 0.25) is 5.02 Å². The molecule has 1 unspecified atom stereocenters. The summed E-state index contributed by atoms with van der Waals surface area (Å²) in [5, 5.41) is 4.44. The van der Waals surface area contributed by atoms with Crippen LogP contribution in [0.1, 0.15) is 46.7 Å². The molecule has 1 nitrogen and oxygen atoms in total. The summed E-state index contributed by atoms with van der Waals surface area (Å²) in [5.41, 5.74) is 2.75. The smallest absolute Gasteiger partial charge is 0.0450 e. The molecule has 0 radical (unpaired) electrons. The van der Waals surface area contributed by atoms with Crippen LogP contribution in [-0.2, 0) is 19.4 Å². The quantitative estimate of drug-likeness (QED) is 0.825. The Morgan fingerprint density at radius 1 is 1.25 bits per heavy atom. The number of rotatable bonds is 4. The summed E-state index contributed by atoms with van der Waals surface area (Å²) in [7, 11) is 0. The Morgan fingerprint density at radius 2 is 2.05 bits per heavy atom. The standard InChI is InChI=1S/C17H20ClNS/c1-12(19-11-14-7-2-4-8-15(14)18)17-10-13-6-3-5-9-16(13)20-17/h2,4,7-8,10,12,19H,3,5-6,9,11H2,1H3. The monoisotopic (exact) mass is 305 g/mol. The summed E-state index contributed by atoms with van der Waals surface area (Å²) in [5.74, 6) is 0. The highest BCUT2D eigenvalue weighted by molar-refractivity contribution is 7.12. The van der Waals surface area contributed by atoms with E-state index >= 15 is 0 Å². The van der Waals surface area contributed by atoms with E-state index in [-0.39, 0.29) is 0 Å². The number of hydrogen-bond donors (Lipinski definition) is 1. The molecule has 1 aromatic heterocycles. The van der Waals surface area contributed by atoms with Crippen molar-refractivity contribution < 1.29 is 0 Å². The Balaban J connectivity index is 1.66. The lowest BCUT2D eigenvalue weighted by atomic mass is 9.99. The van der Waals surface area contributed by atoms with Crippen LogP contribution >= 0.6 is 22.9 Å². The van der Waals surface area contributed by atoms with Gasteiger partial charge < -0.3 is 5.32 Å². The molecule has 3 heteroatoms. The van der Waals surface area contributed by atoms with E-state index in [2.05, 4.69) is 24.4 Å². The van der Waals surface area contributed by atoms with Crippen molar-refractivity contribution in [2.75, 3.05) is 0 Å². The fourth-order valence-electron chi connectivity index (χ4n) is 2.73. The molecule has 0 saturated carbocycles. The van der Waals surface area contributed by atoms with Crippen LogP contribution in [0.5, 0.6) is 0 Å². The van der Waals surface area contributed by atoms with Crippen molar-refractivity contribution in [2.45, 2.75) is 45.2 Å². The SMILES string of the molecule is CC(NCc1ccccc1Cl)c1cc2c(s1)CCCC2. The number of thiophene rings is 1. The third kappa shape index (κ3) is 3.08. The first-order valence-electron chi connectivity index (χ1n) is 7.32. The molecule has 0 aliphatic heterocycles. The molecular weight excluding hydrogens is 286 g/mol. The Labute approximate surface area is 130 Å². The van der Waals surface area contributed by atoms with Gasteiger partial charge in [0.1, 0.15) is 0 Å². The van der Waals surface area contributed by atoms with E-state index in [0.717, 1.165) is 11.6 Å². The van der Waals surface area contributed by atoms with Crippen molar-refractivity contribution in [1.82, 2.24) is 5.32 Å². The number of fused-ring (bicyclic) bond motifs is 1. The predicted molar refractivity (Wildman–Crippen MR) is 87.7 cm³/mol. The molecule has 1 N–H and O–H groups in total. The van der Waals surface area contributed by atoms with E-state index < -0.39 is 0 Å². The summed E-state index contributed by atoms with van der Waals surface area (Å²) in [4.78, 5) is 3.07. The van der Waals surface area contributed by atoms with Crippen LogP contribution in [0.3, 0.4) is 0 Å². The van der Waals surface area contributed by atoms with Crippen LogP contribution < -0.4 is 5.32 Å². The maximum absolute atomic E-state index is 6.20. The first-order chi connectivity index (χ1) is 9.74. The van der Waals surface area contributed by atoms with E-state index in [1.165, 1.54) is 36.1 Å². The van der Waals surface area contributed by atoms with Gasteiger partial charge >= 0.3 is 0 Å². The summed E-state index contributed by atoms with van der Waals surface area (Å²) in [6.07, 6.45) is 5.25. The van der Waals surface area contributed by atoms with Gasteiger partial charge in [0.15, 0.2) is 0 Å². The Hall–Kier alpha value is -0.830. The second kappa shape index (κ2) is 6.30. The zero-order valence-corrected chi connectivity index (χ0v) is 13.4. The normalized spacial score (nSPS) is 15.9. The number of aryl methyl sites for hydroxylation is 2. The van der Waals surface area contributed by atoms with Gasteiger partial charge in [-0.3, -0.25) is 0 Å². The van der Waals surface area contributed by atoms with Crippen molar-refractivity contribution in [3.63, 3.8) is 0 Å². The third-order valence-corrected chi connectivity index (χ3v) is 5.79. The molecule has 0 spiro atoms. The Morgan fingerprint density at radius 3 is 2.85 bits per heavy atom. The highest BCUT2D eigenvalue weighted by Crippen LogP contribution is 2.33. The second-order valence-corrected chi connectivity index (χ2v) is 7.07. The third-order valence-electron chi connectivity index (χ3n) is 4.00. The van der Waals surface area contributed by atoms with E-state index in [0.29, 0.717) is 6.04 Å². The van der Waals surface area contributed by atoms with Crippen molar-refractivity contribution in [2.24, 2.45) is 0 Å². The van der Waals surface area contributed by atoms with Gasteiger partial charge in [0.05, 0.1) is 0 Å². The van der Waals surface area contributed by atoms with E-state index in [9.17, 15) is 0 Å². The molecular formula is C17H20ClNS. The molecule has 106 valence electrons. The van der Waals surface area contributed by atoms with Crippen molar-refractivity contribution in [1.29, 1.82) is 0 Å². The summed E-state index contributed by atoms with van der Waals surface area (Å²) in [6, 6.07) is 10.8. The molecule has 3 rings (SSSR count). The van der Waals surface area contributed by atoms with E-state index in [4.69, 9.17) is 11.6 Å². The molecule has 0 saturated heterocycles.